The molecule has 29 heavy (non-hydrogen) atoms. The Morgan fingerprint density at radius 1 is 1.21 bits per heavy atom. The Hall–Kier alpha value is -3.48. The van der Waals surface area contributed by atoms with Crippen LogP contribution in [0.1, 0.15) is 12.0 Å². The molecule has 0 spiro atoms. The van der Waals surface area contributed by atoms with Crippen LogP contribution in [0.3, 0.4) is 0 Å². The SMILES string of the molecule is C=CCCOc1cccc(CC(NC(=O)O)C(=O)N(C)c2ccc(OC)cc2)c1. The zero-order chi connectivity index (χ0) is 21.2. The van der Waals surface area contributed by atoms with Gasteiger partial charge in [-0.2, -0.15) is 0 Å². The number of hydrogen-bond acceptors (Lipinski definition) is 4. The molecule has 0 aliphatic rings. The van der Waals surface area contributed by atoms with Crippen molar-refractivity contribution in [3.8, 4) is 11.5 Å². The van der Waals surface area contributed by atoms with Crippen molar-refractivity contribution in [3.63, 3.8) is 0 Å². The first-order chi connectivity index (χ1) is 13.9. The molecule has 0 radical (unpaired) electrons. The number of nitrogens with zero attached hydrogens (tertiary/aromatic N) is 1. The van der Waals surface area contributed by atoms with E-state index in [0.29, 0.717) is 23.8 Å². The van der Waals surface area contributed by atoms with Crippen LogP contribution in [0, 0.1) is 0 Å². The van der Waals surface area contributed by atoms with Crippen LogP contribution in [0.15, 0.2) is 61.2 Å². The Morgan fingerprint density at radius 3 is 2.55 bits per heavy atom. The van der Waals surface area contributed by atoms with E-state index in [1.807, 2.05) is 18.2 Å². The number of carboxylic acid groups (broad SMARTS) is 1. The Balaban J connectivity index is 2.15. The summed E-state index contributed by atoms with van der Waals surface area (Å²) in [5.74, 6) is 0.966. The van der Waals surface area contributed by atoms with Crippen molar-refractivity contribution in [2.75, 3.05) is 25.7 Å². The fourth-order valence-electron chi connectivity index (χ4n) is 2.77. The van der Waals surface area contributed by atoms with Crippen LogP contribution in [-0.2, 0) is 11.2 Å². The summed E-state index contributed by atoms with van der Waals surface area (Å²) in [6.45, 7) is 4.16. The average Bonchev–Trinajstić information content (AvgIpc) is 2.72. The summed E-state index contributed by atoms with van der Waals surface area (Å²) in [7, 11) is 3.17. The second kappa shape index (κ2) is 10.8. The molecule has 2 N–H and O–H groups in total. The van der Waals surface area contributed by atoms with Gasteiger partial charge in [-0.05, 0) is 48.4 Å². The Kier molecular flexibility index (Phi) is 8.09. The zero-order valence-electron chi connectivity index (χ0n) is 16.6. The maximum atomic E-state index is 13.0. The number of amides is 2. The zero-order valence-corrected chi connectivity index (χ0v) is 16.6. The normalized spacial score (nSPS) is 11.2. The Bertz CT molecular complexity index is 835. The number of nitrogens with one attached hydrogen (secondary N) is 1. The van der Waals surface area contributed by atoms with Gasteiger partial charge in [0.05, 0.1) is 13.7 Å². The van der Waals surface area contributed by atoms with Gasteiger partial charge in [-0.1, -0.05) is 18.2 Å². The minimum absolute atomic E-state index is 0.199. The predicted molar refractivity (Wildman–Crippen MR) is 112 cm³/mol. The largest absolute Gasteiger partial charge is 0.497 e. The first-order valence-electron chi connectivity index (χ1n) is 9.18. The molecule has 154 valence electrons. The van der Waals surface area contributed by atoms with Crippen molar-refractivity contribution in [2.24, 2.45) is 0 Å². The molecular formula is C22H26N2O5. The molecule has 0 aliphatic heterocycles. The van der Waals surface area contributed by atoms with Gasteiger partial charge in [0.2, 0.25) is 5.91 Å². The van der Waals surface area contributed by atoms with E-state index in [1.165, 1.54) is 4.90 Å². The van der Waals surface area contributed by atoms with E-state index >= 15 is 0 Å². The minimum Gasteiger partial charge on any atom is -0.497 e. The molecule has 2 amide bonds. The van der Waals surface area contributed by atoms with Crippen molar-refractivity contribution in [1.29, 1.82) is 0 Å². The molecule has 0 bridgehead atoms. The van der Waals surface area contributed by atoms with Crippen molar-refractivity contribution >= 4 is 17.7 Å². The quantitative estimate of drug-likeness (QED) is 0.472. The standard InChI is InChI=1S/C22H26N2O5/c1-4-5-13-29-19-8-6-7-16(14-19)15-20(23-22(26)27)21(25)24(2)17-9-11-18(28-3)12-10-17/h4,6-12,14,20,23H,1,5,13,15H2,2-3H3,(H,26,27). The molecule has 0 aromatic heterocycles. The summed E-state index contributed by atoms with van der Waals surface area (Å²) < 4.78 is 10.8. The topological polar surface area (TPSA) is 88.1 Å². The van der Waals surface area contributed by atoms with Crippen LogP contribution in [-0.4, -0.2) is 43.9 Å². The second-order valence-electron chi connectivity index (χ2n) is 6.37. The van der Waals surface area contributed by atoms with Crippen LogP contribution < -0.4 is 19.7 Å². The van der Waals surface area contributed by atoms with Crippen molar-refractivity contribution in [3.05, 3.63) is 66.7 Å². The maximum Gasteiger partial charge on any atom is 0.405 e. The average molecular weight is 398 g/mol. The maximum absolute atomic E-state index is 13.0. The van der Waals surface area contributed by atoms with Gasteiger partial charge < -0.3 is 24.8 Å². The lowest BCUT2D eigenvalue weighted by atomic mass is 10.0. The fourth-order valence-corrected chi connectivity index (χ4v) is 2.77. The van der Waals surface area contributed by atoms with Crippen LogP contribution in [0.2, 0.25) is 0 Å². The van der Waals surface area contributed by atoms with E-state index in [-0.39, 0.29) is 12.3 Å². The van der Waals surface area contributed by atoms with E-state index in [4.69, 9.17) is 9.47 Å². The summed E-state index contributed by atoms with van der Waals surface area (Å²) in [6, 6.07) is 13.3. The van der Waals surface area contributed by atoms with Gasteiger partial charge >= 0.3 is 6.09 Å². The van der Waals surface area contributed by atoms with Crippen LogP contribution in [0.25, 0.3) is 0 Å². The van der Waals surface area contributed by atoms with Crippen LogP contribution in [0.4, 0.5) is 10.5 Å². The molecule has 2 aromatic carbocycles. The fraction of sp³-hybridized carbons (Fsp3) is 0.273. The number of anilines is 1. The number of methoxy groups -OCH3 is 1. The van der Waals surface area contributed by atoms with E-state index in [1.54, 1.807) is 50.6 Å². The molecule has 7 nitrogen and oxygen atoms in total. The summed E-state index contributed by atoms with van der Waals surface area (Å²) in [4.78, 5) is 25.6. The van der Waals surface area contributed by atoms with Gasteiger partial charge in [0, 0.05) is 19.2 Å². The first-order valence-corrected chi connectivity index (χ1v) is 9.18. The molecule has 2 rings (SSSR count). The third-order valence-corrected chi connectivity index (χ3v) is 4.32. The van der Waals surface area contributed by atoms with Gasteiger partial charge in [-0.25, -0.2) is 4.79 Å². The number of hydrogen-bond donors (Lipinski definition) is 2. The number of carbonyl (C=O) groups is 2. The van der Waals surface area contributed by atoms with E-state index < -0.39 is 12.1 Å². The Labute approximate surface area is 170 Å². The monoisotopic (exact) mass is 398 g/mol. The molecular weight excluding hydrogens is 372 g/mol. The highest BCUT2D eigenvalue weighted by molar-refractivity contribution is 5.98. The number of carbonyl (C=O) groups excluding carboxylic acids is 1. The number of rotatable bonds is 10. The van der Waals surface area contributed by atoms with Crippen LogP contribution in [0.5, 0.6) is 11.5 Å². The molecule has 0 saturated carbocycles. The van der Waals surface area contributed by atoms with E-state index in [0.717, 1.165) is 12.0 Å². The third-order valence-electron chi connectivity index (χ3n) is 4.32. The van der Waals surface area contributed by atoms with Crippen molar-refractivity contribution in [1.82, 2.24) is 5.32 Å². The number of ether oxygens (including phenoxy) is 2. The molecule has 0 fully saturated rings. The molecule has 0 heterocycles. The van der Waals surface area contributed by atoms with Crippen molar-refractivity contribution < 1.29 is 24.2 Å². The predicted octanol–water partition coefficient (Wildman–Crippen LogP) is 3.49. The molecule has 2 aromatic rings. The summed E-state index contributed by atoms with van der Waals surface area (Å²) in [5.41, 5.74) is 1.42. The lowest BCUT2D eigenvalue weighted by molar-refractivity contribution is -0.120. The number of likely N-dealkylation sites (N-methyl/N-ethyl adjacent to an activating group) is 1. The molecule has 0 aliphatic carbocycles. The van der Waals surface area contributed by atoms with E-state index in [9.17, 15) is 14.7 Å². The summed E-state index contributed by atoms with van der Waals surface area (Å²) in [5, 5.41) is 11.5. The van der Waals surface area contributed by atoms with Gasteiger partial charge in [-0.3, -0.25) is 4.79 Å². The summed E-state index contributed by atoms with van der Waals surface area (Å²) in [6.07, 6.45) is 1.43. The first kappa shape index (κ1) is 21.8. The Morgan fingerprint density at radius 2 is 1.93 bits per heavy atom. The lowest BCUT2D eigenvalue weighted by Gasteiger charge is -2.24. The van der Waals surface area contributed by atoms with E-state index in [2.05, 4.69) is 11.9 Å². The molecule has 0 saturated heterocycles. The molecule has 1 unspecified atom stereocenters. The minimum atomic E-state index is -1.26. The van der Waals surface area contributed by atoms with Gasteiger partial charge in [0.25, 0.3) is 0 Å². The second-order valence-corrected chi connectivity index (χ2v) is 6.37. The van der Waals surface area contributed by atoms with Gasteiger partial charge in [0.1, 0.15) is 17.5 Å². The highest BCUT2D eigenvalue weighted by Crippen LogP contribution is 2.20. The molecule has 7 heteroatoms. The van der Waals surface area contributed by atoms with Gasteiger partial charge in [0.15, 0.2) is 0 Å². The van der Waals surface area contributed by atoms with Crippen molar-refractivity contribution in [2.45, 2.75) is 18.9 Å². The van der Waals surface area contributed by atoms with Gasteiger partial charge in [-0.15, -0.1) is 6.58 Å². The highest BCUT2D eigenvalue weighted by Gasteiger charge is 2.25. The summed E-state index contributed by atoms with van der Waals surface area (Å²) >= 11 is 0. The highest BCUT2D eigenvalue weighted by atomic mass is 16.5. The molecule has 1 atom stereocenters. The smallest absolute Gasteiger partial charge is 0.405 e. The lowest BCUT2D eigenvalue weighted by Crippen LogP contribution is -2.48. The van der Waals surface area contributed by atoms with Crippen LogP contribution >= 0.6 is 0 Å². The number of benzene rings is 2. The third kappa shape index (κ3) is 6.57.